The van der Waals surface area contributed by atoms with Crippen LogP contribution in [0, 0.1) is 0 Å². The average molecular weight is 391 g/mol. The van der Waals surface area contributed by atoms with Crippen LogP contribution < -0.4 is 19.5 Å². The highest BCUT2D eigenvalue weighted by Crippen LogP contribution is 2.38. The van der Waals surface area contributed by atoms with Gasteiger partial charge in [0.2, 0.25) is 5.75 Å². The predicted octanol–water partition coefficient (Wildman–Crippen LogP) is 4.27. The van der Waals surface area contributed by atoms with E-state index in [9.17, 15) is 4.79 Å². The van der Waals surface area contributed by atoms with Gasteiger partial charge in [0.25, 0.3) is 0 Å². The molecule has 0 unspecified atom stereocenters. The van der Waals surface area contributed by atoms with Crippen LogP contribution in [0.5, 0.6) is 17.2 Å². The first-order chi connectivity index (χ1) is 14.2. The fourth-order valence-electron chi connectivity index (χ4n) is 3.26. The first-order valence-electron chi connectivity index (χ1n) is 9.34. The molecule has 0 saturated heterocycles. The number of methoxy groups -OCH3 is 3. The van der Waals surface area contributed by atoms with Crippen molar-refractivity contribution in [1.29, 1.82) is 0 Å². The van der Waals surface area contributed by atoms with Gasteiger partial charge in [-0.25, -0.2) is 0 Å². The summed E-state index contributed by atoms with van der Waals surface area (Å²) in [6.45, 7) is 0.160. The zero-order valence-corrected chi connectivity index (χ0v) is 16.8. The first kappa shape index (κ1) is 20.4. The molecule has 0 fully saturated rings. The van der Waals surface area contributed by atoms with Crippen LogP contribution in [0.15, 0.2) is 72.8 Å². The van der Waals surface area contributed by atoms with E-state index in [-0.39, 0.29) is 18.4 Å². The van der Waals surface area contributed by atoms with Gasteiger partial charge in [0.05, 0.1) is 33.9 Å². The van der Waals surface area contributed by atoms with Crippen molar-refractivity contribution in [3.05, 3.63) is 89.5 Å². The first-order valence-corrected chi connectivity index (χ1v) is 9.34. The number of ketones is 1. The maximum absolute atomic E-state index is 12.9. The average Bonchev–Trinajstić information content (AvgIpc) is 2.79. The topological polar surface area (TPSA) is 56.8 Å². The third-order valence-electron chi connectivity index (χ3n) is 4.72. The molecule has 5 nitrogen and oxygen atoms in total. The summed E-state index contributed by atoms with van der Waals surface area (Å²) >= 11 is 0. The quantitative estimate of drug-likeness (QED) is 0.552. The number of rotatable bonds is 9. The normalized spacial score (nSPS) is 10.6. The summed E-state index contributed by atoms with van der Waals surface area (Å²) in [5.74, 6) is 1.31. The molecule has 0 radical (unpaired) electrons. The largest absolute Gasteiger partial charge is 0.493 e. The number of carbonyl (C=O) groups is 1. The summed E-state index contributed by atoms with van der Waals surface area (Å²) < 4.78 is 16.0. The van der Waals surface area contributed by atoms with Crippen molar-refractivity contribution in [1.82, 2.24) is 5.32 Å². The van der Waals surface area contributed by atoms with Gasteiger partial charge in [-0.15, -0.1) is 0 Å². The van der Waals surface area contributed by atoms with Crippen molar-refractivity contribution in [2.45, 2.75) is 6.04 Å². The Hall–Kier alpha value is -3.31. The van der Waals surface area contributed by atoms with E-state index in [4.69, 9.17) is 14.2 Å². The molecule has 3 aromatic carbocycles. The van der Waals surface area contributed by atoms with E-state index in [1.54, 1.807) is 12.1 Å². The number of Topliss-reactive ketones (excluding diaryl/α,β-unsaturated/α-hetero) is 1. The van der Waals surface area contributed by atoms with Gasteiger partial charge in [-0.1, -0.05) is 60.7 Å². The summed E-state index contributed by atoms with van der Waals surface area (Å²) in [7, 11) is 4.60. The highest BCUT2D eigenvalue weighted by molar-refractivity contribution is 5.98. The van der Waals surface area contributed by atoms with Crippen LogP contribution in [0.2, 0.25) is 0 Å². The van der Waals surface area contributed by atoms with E-state index in [2.05, 4.69) is 29.6 Å². The molecule has 0 aliphatic heterocycles. The minimum absolute atomic E-state index is 0.0684. The molecular formula is C24H25NO4. The number of ether oxygens (including phenoxy) is 3. The Morgan fingerprint density at radius 2 is 1.28 bits per heavy atom. The predicted molar refractivity (Wildman–Crippen MR) is 113 cm³/mol. The maximum atomic E-state index is 12.9. The Bertz CT molecular complexity index is 877. The number of nitrogens with one attached hydrogen (secondary N) is 1. The lowest BCUT2D eigenvalue weighted by atomic mass is 9.98. The van der Waals surface area contributed by atoms with Crippen LogP contribution in [-0.4, -0.2) is 33.7 Å². The number of hydrogen-bond acceptors (Lipinski definition) is 5. The van der Waals surface area contributed by atoms with Gasteiger partial charge in [0.1, 0.15) is 0 Å². The summed E-state index contributed by atoms with van der Waals surface area (Å²) in [6.07, 6.45) is 0. The van der Waals surface area contributed by atoms with Gasteiger partial charge in [-0.05, 0) is 23.3 Å². The Balaban J connectivity index is 1.84. The smallest absolute Gasteiger partial charge is 0.203 e. The highest BCUT2D eigenvalue weighted by atomic mass is 16.5. The summed E-state index contributed by atoms with van der Waals surface area (Å²) in [4.78, 5) is 12.9. The highest BCUT2D eigenvalue weighted by Gasteiger charge is 2.19. The molecular weight excluding hydrogens is 366 g/mol. The SMILES string of the molecule is COc1cc(C(=O)CNC(c2ccccc2)c2ccccc2)cc(OC)c1OC. The Kier molecular flexibility index (Phi) is 6.87. The van der Waals surface area contributed by atoms with Crippen molar-refractivity contribution in [3.63, 3.8) is 0 Å². The second-order valence-electron chi connectivity index (χ2n) is 6.47. The van der Waals surface area contributed by atoms with Gasteiger partial charge in [0.15, 0.2) is 17.3 Å². The van der Waals surface area contributed by atoms with E-state index in [0.29, 0.717) is 22.8 Å². The third-order valence-corrected chi connectivity index (χ3v) is 4.72. The molecule has 3 rings (SSSR count). The van der Waals surface area contributed by atoms with Crippen LogP contribution in [0.25, 0.3) is 0 Å². The lowest BCUT2D eigenvalue weighted by molar-refractivity contribution is 0.0988. The molecule has 5 heteroatoms. The lowest BCUT2D eigenvalue weighted by Gasteiger charge is -2.20. The molecule has 0 atom stereocenters. The minimum Gasteiger partial charge on any atom is -0.493 e. The third kappa shape index (κ3) is 4.76. The van der Waals surface area contributed by atoms with Crippen molar-refractivity contribution >= 4 is 5.78 Å². The monoisotopic (exact) mass is 391 g/mol. The molecule has 29 heavy (non-hydrogen) atoms. The molecule has 0 aliphatic carbocycles. The van der Waals surface area contributed by atoms with Crippen LogP contribution in [-0.2, 0) is 0 Å². The number of hydrogen-bond donors (Lipinski definition) is 1. The number of benzene rings is 3. The second-order valence-corrected chi connectivity index (χ2v) is 6.47. The molecule has 0 bridgehead atoms. The minimum atomic E-state index is -0.0941. The Labute approximate surface area is 171 Å². The van der Waals surface area contributed by atoms with Crippen molar-refractivity contribution < 1.29 is 19.0 Å². The van der Waals surface area contributed by atoms with Gasteiger partial charge < -0.3 is 14.2 Å². The lowest BCUT2D eigenvalue weighted by Crippen LogP contribution is -2.28. The van der Waals surface area contributed by atoms with Crippen molar-refractivity contribution in [3.8, 4) is 17.2 Å². The fraction of sp³-hybridized carbons (Fsp3) is 0.208. The standard InChI is InChI=1S/C24H25NO4/c1-27-21-14-19(15-22(28-2)24(21)29-3)20(26)16-25-23(17-10-6-4-7-11-17)18-12-8-5-9-13-18/h4-15,23,25H,16H2,1-3H3. The summed E-state index contributed by atoms with van der Waals surface area (Å²) in [6, 6.07) is 23.4. The molecule has 0 spiro atoms. The van der Waals surface area contributed by atoms with Crippen LogP contribution in [0.3, 0.4) is 0 Å². The Morgan fingerprint density at radius 3 is 1.69 bits per heavy atom. The molecule has 0 saturated carbocycles. The zero-order chi connectivity index (χ0) is 20.6. The van der Waals surface area contributed by atoms with E-state index in [1.165, 1.54) is 21.3 Å². The molecule has 0 amide bonds. The van der Waals surface area contributed by atoms with E-state index < -0.39 is 0 Å². The summed E-state index contributed by atoms with van der Waals surface area (Å²) in [5.41, 5.74) is 2.68. The molecule has 0 aliphatic rings. The van der Waals surface area contributed by atoms with Gasteiger partial charge in [0, 0.05) is 5.56 Å². The van der Waals surface area contributed by atoms with Crippen molar-refractivity contribution in [2.75, 3.05) is 27.9 Å². The summed E-state index contributed by atoms with van der Waals surface area (Å²) in [5, 5.41) is 3.39. The van der Waals surface area contributed by atoms with Crippen LogP contribution in [0.1, 0.15) is 27.5 Å². The van der Waals surface area contributed by atoms with E-state index in [1.807, 2.05) is 36.4 Å². The van der Waals surface area contributed by atoms with E-state index in [0.717, 1.165) is 11.1 Å². The molecule has 0 aromatic heterocycles. The molecule has 3 aromatic rings. The zero-order valence-electron chi connectivity index (χ0n) is 16.8. The number of carbonyl (C=O) groups excluding carboxylic acids is 1. The fourth-order valence-corrected chi connectivity index (χ4v) is 3.26. The van der Waals surface area contributed by atoms with E-state index >= 15 is 0 Å². The molecule has 0 heterocycles. The Morgan fingerprint density at radius 1 is 0.793 bits per heavy atom. The second kappa shape index (κ2) is 9.75. The molecule has 1 N–H and O–H groups in total. The van der Waals surface area contributed by atoms with Gasteiger partial charge >= 0.3 is 0 Å². The molecule has 150 valence electrons. The van der Waals surface area contributed by atoms with Crippen molar-refractivity contribution in [2.24, 2.45) is 0 Å². The maximum Gasteiger partial charge on any atom is 0.203 e. The van der Waals surface area contributed by atoms with Gasteiger partial charge in [-0.3, -0.25) is 10.1 Å². The van der Waals surface area contributed by atoms with Crippen LogP contribution in [0.4, 0.5) is 0 Å². The van der Waals surface area contributed by atoms with Crippen LogP contribution >= 0.6 is 0 Å². The van der Waals surface area contributed by atoms with Gasteiger partial charge in [-0.2, -0.15) is 0 Å².